The second kappa shape index (κ2) is 12.2. The summed E-state index contributed by atoms with van der Waals surface area (Å²) in [7, 11) is 1.94. The molecule has 0 aliphatic heterocycles. The summed E-state index contributed by atoms with van der Waals surface area (Å²) in [5, 5.41) is 3.03. The van der Waals surface area contributed by atoms with Crippen molar-refractivity contribution in [2.75, 3.05) is 26.7 Å². The Kier molecular flexibility index (Phi) is 9.65. The minimum Gasteiger partial charge on any atom is -0.444 e. The summed E-state index contributed by atoms with van der Waals surface area (Å²) in [6.45, 7) is 9.66. The van der Waals surface area contributed by atoms with E-state index in [2.05, 4.69) is 10.3 Å². The van der Waals surface area contributed by atoms with Gasteiger partial charge in [-0.3, -0.25) is 14.7 Å². The molecule has 7 nitrogen and oxygen atoms in total. The molecule has 1 aromatic carbocycles. The molecule has 0 fully saturated rings. The summed E-state index contributed by atoms with van der Waals surface area (Å²) in [5.74, 6) is -0.0448. The molecule has 32 heavy (non-hydrogen) atoms. The summed E-state index contributed by atoms with van der Waals surface area (Å²) in [5.41, 5.74) is 1.31. The Hall–Kier alpha value is -2.93. The third kappa shape index (κ3) is 8.30. The topological polar surface area (TPSA) is 74.8 Å². The minimum absolute atomic E-state index is 0.0448. The van der Waals surface area contributed by atoms with Crippen LogP contribution in [-0.2, 0) is 16.1 Å². The number of pyridine rings is 1. The largest absolute Gasteiger partial charge is 0.444 e. The minimum atomic E-state index is -0.577. The number of rotatable bonds is 10. The number of ether oxygens (including phenoxy) is 1. The maximum Gasteiger partial charge on any atom is 0.410 e. The summed E-state index contributed by atoms with van der Waals surface area (Å²) >= 11 is 0. The van der Waals surface area contributed by atoms with Gasteiger partial charge < -0.3 is 15.0 Å². The van der Waals surface area contributed by atoms with Gasteiger partial charge in [-0.2, -0.15) is 0 Å². The van der Waals surface area contributed by atoms with Crippen LogP contribution in [-0.4, -0.2) is 59.1 Å². The zero-order valence-electron chi connectivity index (χ0n) is 19.9. The Morgan fingerprint density at radius 3 is 2.44 bits per heavy atom. The number of carbonyl (C=O) groups is 2. The lowest BCUT2D eigenvalue weighted by atomic mass is 10.0. The smallest absolute Gasteiger partial charge is 0.410 e. The molecule has 0 radical (unpaired) electrons. The van der Waals surface area contributed by atoms with E-state index in [0.717, 1.165) is 17.7 Å². The summed E-state index contributed by atoms with van der Waals surface area (Å²) in [4.78, 5) is 33.4. The fourth-order valence-corrected chi connectivity index (χ4v) is 3.28. The van der Waals surface area contributed by atoms with Gasteiger partial charge in [0.05, 0.1) is 6.54 Å². The Labute approximate surface area is 191 Å². The number of aromatic nitrogens is 1. The van der Waals surface area contributed by atoms with E-state index in [0.29, 0.717) is 26.1 Å². The SMILES string of the molecule is CCN(C)C(C(=O)NCCCN(Cc1cccnc1)C(=O)OC(C)(C)C)c1ccccc1. The lowest BCUT2D eigenvalue weighted by Gasteiger charge is -2.28. The first kappa shape index (κ1) is 25.3. The molecule has 0 aliphatic carbocycles. The number of hydrogen-bond acceptors (Lipinski definition) is 5. The molecule has 1 unspecified atom stereocenters. The second-order valence-corrected chi connectivity index (χ2v) is 8.79. The van der Waals surface area contributed by atoms with Crippen LogP contribution >= 0.6 is 0 Å². The molecule has 0 saturated heterocycles. The molecular weight excluding hydrogens is 404 g/mol. The third-order valence-electron chi connectivity index (χ3n) is 4.96. The van der Waals surface area contributed by atoms with E-state index in [1.165, 1.54) is 0 Å². The number of carbonyl (C=O) groups excluding carboxylic acids is 2. The Balaban J connectivity index is 1.96. The lowest BCUT2D eigenvalue weighted by molar-refractivity contribution is -0.126. The van der Waals surface area contributed by atoms with Gasteiger partial charge in [-0.15, -0.1) is 0 Å². The highest BCUT2D eigenvalue weighted by Crippen LogP contribution is 2.19. The van der Waals surface area contributed by atoms with E-state index in [1.54, 1.807) is 17.3 Å². The number of hydrogen-bond donors (Lipinski definition) is 1. The maximum absolute atomic E-state index is 12.9. The molecular formula is C25H36N4O3. The highest BCUT2D eigenvalue weighted by molar-refractivity contribution is 5.83. The Morgan fingerprint density at radius 2 is 1.84 bits per heavy atom. The van der Waals surface area contributed by atoms with Crippen molar-refractivity contribution in [1.82, 2.24) is 20.1 Å². The van der Waals surface area contributed by atoms with Gasteiger partial charge in [0.1, 0.15) is 11.6 Å². The second-order valence-electron chi connectivity index (χ2n) is 8.79. The number of nitrogens with one attached hydrogen (secondary N) is 1. The van der Waals surface area contributed by atoms with Crippen molar-refractivity contribution in [1.29, 1.82) is 0 Å². The van der Waals surface area contributed by atoms with Crippen LogP contribution in [0.4, 0.5) is 4.79 Å². The van der Waals surface area contributed by atoms with Gasteiger partial charge in [0.15, 0.2) is 0 Å². The number of amides is 2. The van der Waals surface area contributed by atoms with Crippen LogP contribution in [0.25, 0.3) is 0 Å². The zero-order chi connectivity index (χ0) is 23.6. The summed E-state index contributed by atoms with van der Waals surface area (Å²) in [6, 6.07) is 13.2. The first-order chi connectivity index (χ1) is 15.2. The highest BCUT2D eigenvalue weighted by atomic mass is 16.6. The number of benzene rings is 1. The standard InChI is InChI=1S/C25H36N4O3/c1-6-28(5)22(21-13-8-7-9-14-21)23(30)27-16-11-17-29(24(31)32-25(2,3)4)19-20-12-10-15-26-18-20/h7-10,12-15,18,22H,6,11,16-17,19H2,1-5H3,(H,27,30). The summed E-state index contributed by atoms with van der Waals surface area (Å²) in [6.07, 6.45) is 3.68. The number of nitrogens with zero attached hydrogens (tertiary/aromatic N) is 3. The van der Waals surface area contributed by atoms with Crippen LogP contribution < -0.4 is 5.32 Å². The molecule has 7 heteroatoms. The van der Waals surface area contributed by atoms with Crippen LogP contribution in [0.15, 0.2) is 54.9 Å². The van der Waals surface area contributed by atoms with Crippen molar-refractivity contribution >= 4 is 12.0 Å². The van der Waals surface area contributed by atoms with E-state index in [-0.39, 0.29) is 18.0 Å². The van der Waals surface area contributed by atoms with Crippen molar-refractivity contribution in [3.63, 3.8) is 0 Å². The molecule has 0 aliphatic rings. The van der Waals surface area contributed by atoms with E-state index >= 15 is 0 Å². The molecule has 1 heterocycles. The molecule has 0 spiro atoms. The zero-order valence-corrected chi connectivity index (χ0v) is 19.9. The fourth-order valence-electron chi connectivity index (χ4n) is 3.28. The van der Waals surface area contributed by atoms with Gasteiger partial charge in [-0.1, -0.05) is 43.3 Å². The van der Waals surface area contributed by atoms with Crippen molar-refractivity contribution in [2.24, 2.45) is 0 Å². The fraction of sp³-hybridized carbons (Fsp3) is 0.480. The number of likely N-dealkylation sites (N-methyl/N-ethyl adjacent to an activating group) is 1. The molecule has 1 aromatic heterocycles. The van der Waals surface area contributed by atoms with Crippen molar-refractivity contribution in [2.45, 2.75) is 52.3 Å². The van der Waals surface area contributed by atoms with E-state index in [9.17, 15) is 9.59 Å². The summed E-state index contributed by atoms with van der Waals surface area (Å²) < 4.78 is 5.56. The van der Waals surface area contributed by atoms with E-state index in [1.807, 2.05) is 82.1 Å². The molecule has 1 atom stereocenters. The third-order valence-corrected chi connectivity index (χ3v) is 4.96. The van der Waals surface area contributed by atoms with Gasteiger partial charge in [-0.05, 0) is 58.0 Å². The molecule has 0 saturated carbocycles. The molecule has 174 valence electrons. The first-order valence-corrected chi connectivity index (χ1v) is 11.1. The van der Waals surface area contributed by atoms with Crippen molar-refractivity contribution in [3.05, 3.63) is 66.0 Å². The highest BCUT2D eigenvalue weighted by Gasteiger charge is 2.25. The molecule has 0 bridgehead atoms. The normalized spacial score (nSPS) is 12.3. The van der Waals surface area contributed by atoms with Crippen LogP contribution in [0.2, 0.25) is 0 Å². The molecule has 2 amide bonds. The van der Waals surface area contributed by atoms with Crippen molar-refractivity contribution < 1.29 is 14.3 Å². The van der Waals surface area contributed by atoms with Crippen LogP contribution in [0.5, 0.6) is 0 Å². The average molecular weight is 441 g/mol. The van der Waals surface area contributed by atoms with E-state index < -0.39 is 5.60 Å². The molecule has 2 aromatic rings. The Bertz CT molecular complexity index is 837. The maximum atomic E-state index is 12.9. The van der Waals surface area contributed by atoms with Crippen LogP contribution in [0.1, 0.15) is 51.3 Å². The van der Waals surface area contributed by atoms with Gasteiger partial charge in [0.25, 0.3) is 0 Å². The molecule has 2 rings (SSSR count). The lowest BCUT2D eigenvalue weighted by Crippen LogP contribution is -2.41. The van der Waals surface area contributed by atoms with Crippen LogP contribution in [0, 0.1) is 0 Å². The quantitative estimate of drug-likeness (QED) is 0.565. The van der Waals surface area contributed by atoms with Gasteiger partial charge >= 0.3 is 6.09 Å². The Morgan fingerprint density at radius 1 is 1.12 bits per heavy atom. The van der Waals surface area contributed by atoms with Gasteiger partial charge in [0, 0.05) is 25.5 Å². The van der Waals surface area contributed by atoms with Gasteiger partial charge in [0.2, 0.25) is 5.91 Å². The average Bonchev–Trinajstić information content (AvgIpc) is 2.76. The van der Waals surface area contributed by atoms with Crippen molar-refractivity contribution in [3.8, 4) is 0 Å². The van der Waals surface area contributed by atoms with Crippen LogP contribution in [0.3, 0.4) is 0 Å². The predicted octanol–water partition coefficient (Wildman–Crippen LogP) is 4.02. The first-order valence-electron chi connectivity index (χ1n) is 11.1. The van der Waals surface area contributed by atoms with Gasteiger partial charge in [-0.25, -0.2) is 4.79 Å². The predicted molar refractivity (Wildman–Crippen MR) is 126 cm³/mol. The molecule has 1 N–H and O–H groups in total. The monoisotopic (exact) mass is 440 g/mol. The van der Waals surface area contributed by atoms with E-state index in [4.69, 9.17) is 4.74 Å².